The molecule has 1 fully saturated rings. The number of carbonyl (C=O) groups excluding carboxylic acids is 1. The van der Waals surface area contributed by atoms with Crippen LogP contribution in [0, 0.1) is 0 Å². The second kappa shape index (κ2) is 5.10. The zero-order valence-electron chi connectivity index (χ0n) is 10.4. The lowest BCUT2D eigenvalue weighted by atomic mass is 10.2. The molecule has 0 saturated heterocycles. The lowest BCUT2D eigenvalue weighted by Crippen LogP contribution is -2.45. The molecule has 0 bridgehead atoms. The maximum Gasteiger partial charge on any atom is 0.416 e. The van der Waals surface area contributed by atoms with Crippen molar-refractivity contribution in [1.82, 2.24) is 5.32 Å². The first-order chi connectivity index (χ1) is 9.62. The van der Waals surface area contributed by atoms with Gasteiger partial charge in [0, 0.05) is 10.7 Å². The smallest absolute Gasteiger partial charge is 0.416 e. The Morgan fingerprint density at radius 2 is 1.86 bits per heavy atom. The van der Waals surface area contributed by atoms with Crippen molar-refractivity contribution < 1.29 is 27.9 Å². The molecule has 0 heterocycles. The van der Waals surface area contributed by atoms with Crippen LogP contribution in [0.25, 0.3) is 0 Å². The summed E-state index contributed by atoms with van der Waals surface area (Å²) < 4.78 is 37.8. The molecule has 21 heavy (non-hydrogen) atoms. The number of benzene rings is 1. The maximum absolute atomic E-state index is 12.6. The van der Waals surface area contributed by atoms with Crippen LogP contribution in [0.3, 0.4) is 0 Å². The summed E-state index contributed by atoms with van der Waals surface area (Å²) >= 11 is 5.57. The first-order valence-electron chi connectivity index (χ1n) is 5.83. The van der Waals surface area contributed by atoms with Crippen LogP contribution in [-0.2, 0) is 11.0 Å². The highest BCUT2D eigenvalue weighted by Crippen LogP contribution is 2.36. The second-order valence-corrected chi connectivity index (χ2v) is 5.13. The van der Waals surface area contributed by atoms with Gasteiger partial charge in [-0.15, -0.1) is 0 Å². The molecular formula is C12H10ClF3N2O3. The number of nitrogens with one attached hydrogen (secondary N) is 2. The van der Waals surface area contributed by atoms with Gasteiger partial charge < -0.3 is 15.7 Å². The molecule has 1 aromatic rings. The summed E-state index contributed by atoms with van der Waals surface area (Å²) in [6.07, 6.45) is -4.05. The van der Waals surface area contributed by atoms with Gasteiger partial charge in [0.05, 0.1) is 5.56 Å². The molecule has 2 rings (SSSR count). The highest BCUT2D eigenvalue weighted by Gasteiger charge is 2.51. The van der Waals surface area contributed by atoms with E-state index in [9.17, 15) is 22.8 Å². The van der Waals surface area contributed by atoms with Gasteiger partial charge in [-0.1, -0.05) is 11.6 Å². The van der Waals surface area contributed by atoms with Crippen molar-refractivity contribution in [3.05, 3.63) is 28.8 Å². The fraction of sp³-hybridized carbons (Fsp3) is 0.333. The Morgan fingerprint density at radius 1 is 1.24 bits per heavy atom. The highest BCUT2D eigenvalue weighted by atomic mass is 35.5. The summed E-state index contributed by atoms with van der Waals surface area (Å²) in [6, 6.07) is 1.68. The number of alkyl halides is 3. The molecule has 0 aromatic heterocycles. The van der Waals surface area contributed by atoms with Crippen molar-refractivity contribution in [2.75, 3.05) is 5.32 Å². The molecular weight excluding hydrogens is 313 g/mol. The van der Waals surface area contributed by atoms with E-state index in [2.05, 4.69) is 10.6 Å². The number of anilines is 1. The van der Waals surface area contributed by atoms with Crippen molar-refractivity contribution in [2.45, 2.75) is 24.6 Å². The van der Waals surface area contributed by atoms with Gasteiger partial charge >= 0.3 is 18.2 Å². The highest BCUT2D eigenvalue weighted by molar-refractivity contribution is 6.31. The molecule has 1 aliphatic rings. The van der Waals surface area contributed by atoms with Crippen molar-refractivity contribution in [3.8, 4) is 0 Å². The van der Waals surface area contributed by atoms with Crippen LogP contribution < -0.4 is 10.6 Å². The van der Waals surface area contributed by atoms with Gasteiger partial charge in [0.25, 0.3) is 0 Å². The Hall–Kier alpha value is -1.96. The summed E-state index contributed by atoms with van der Waals surface area (Å²) in [5.74, 6) is -1.18. The third kappa shape index (κ3) is 3.57. The van der Waals surface area contributed by atoms with E-state index < -0.39 is 29.3 Å². The number of amides is 2. The van der Waals surface area contributed by atoms with Crippen LogP contribution in [0.2, 0.25) is 5.02 Å². The van der Waals surface area contributed by atoms with E-state index in [1.165, 1.54) is 0 Å². The molecule has 1 aromatic carbocycles. The van der Waals surface area contributed by atoms with Crippen LogP contribution in [0.5, 0.6) is 0 Å². The van der Waals surface area contributed by atoms with Gasteiger partial charge in [-0.2, -0.15) is 13.2 Å². The van der Waals surface area contributed by atoms with Crippen LogP contribution >= 0.6 is 11.6 Å². The number of aliphatic carboxylic acids is 1. The molecule has 9 heteroatoms. The standard InChI is InChI=1S/C12H10ClF3N2O3/c13-7-3-6(12(14,15)16)4-8(5-7)17-10(21)18-11(1-2-11)9(19)20/h3-5H,1-2H2,(H,19,20)(H2,17,18,21). The number of urea groups is 1. The first kappa shape index (κ1) is 15.4. The zero-order valence-corrected chi connectivity index (χ0v) is 11.2. The van der Waals surface area contributed by atoms with Crippen molar-refractivity contribution in [3.63, 3.8) is 0 Å². The van der Waals surface area contributed by atoms with Crippen LogP contribution in [0.15, 0.2) is 18.2 Å². The SMILES string of the molecule is O=C(Nc1cc(Cl)cc(C(F)(F)F)c1)NC1(C(=O)O)CC1. The maximum atomic E-state index is 12.6. The van der Waals surface area contributed by atoms with Gasteiger partial charge in [0.2, 0.25) is 0 Å². The Morgan fingerprint density at radius 3 is 2.33 bits per heavy atom. The minimum absolute atomic E-state index is 0.173. The Bertz CT molecular complexity index is 600. The largest absolute Gasteiger partial charge is 0.480 e. The molecule has 1 aliphatic carbocycles. The Kier molecular flexibility index (Phi) is 3.75. The number of hydrogen-bond acceptors (Lipinski definition) is 2. The average Bonchev–Trinajstić information content (AvgIpc) is 3.07. The third-order valence-electron chi connectivity index (χ3n) is 3.00. The van der Waals surface area contributed by atoms with Gasteiger partial charge in [-0.05, 0) is 31.0 Å². The number of rotatable bonds is 3. The van der Waals surface area contributed by atoms with E-state index in [-0.39, 0.29) is 23.6 Å². The molecule has 0 atom stereocenters. The molecule has 2 amide bonds. The Labute approximate surface area is 122 Å². The van der Waals surface area contributed by atoms with Gasteiger partial charge in [-0.3, -0.25) is 0 Å². The molecule has 0 spiro atoms. The third-order valence-corrected chi connectivity index (χ3v) is 3.21. The molecule has 3 N–H and O–H groups in total. The number of carbonyl (C=O) groups is 2. The van der Waals surface area contributed by atoms with Crippen LogP contribution in [-0.4, -0.2) is 22.6 Å². The first-order valence-corrected chi connectivity index (χ1v) is 6.20. The van der Waals surface area contributed by atoms with E-state index in [1.807, 2.05) is 0 Å². The monoisotopic (exact) mass is 322 g/mol. The summed E-state index contributed by atoms with van der Waals surface area (Å²) in [5.41, 5.74) is -2.51. The van der Waals surface area contributed by atoms with E-state index in [0.717, 1.165) is 12.1 Å². The summed E-state index contributed by atoms with van der Waals surface area (Å²) in [6.45, 7) is 0. The van der Waals surface area contributed by atoms with Gasteiger partial charge in [0.1, 0.15) is 5.54 Å². The predicted octanol–water partition coefficient (Wildman–Crippen LogP) is 3.10. The normalized spacial score (nSPS) is 16.2. The topological polar surface area (TPSA) is 78.4 Å². The minimum atomic E-state index is -4.60. The quantitative estimate of drug-likeness (QED) is 0.800. The van der Waals surface area contributed by atoms with E-state index in [1.54, 1.807) is 0 Å². The molecule has 0 unspecified atom stereocenters. The number of hydrogen-bond donors (Lipinski definition) is 3. The molecule has 5 nitrogen and oxygen atoms in total. The molecule has 0 aliphatic heterocycles. The lowest BCUT2D eigenvalue weighted by molar-refractivity contribution is -0.140. The second-order valence-electron chi connectivity index (χ2n) is 4.69. The summed E-state index contributed by atoms with van der Waals surface area (Å²) in [7, 11) is 0. The average molecular weight is 323 g/mol. The molecule has 0 radical (unpaired) electrons. The van der Waals surface area contributed by atoms with Crippen LogP contribution in [0.1, 0.15) is 18.4 Å². The predicted molar refractivity (Wildman–Crippen MR) is 68.2 cm³/mol. The van der Waals surface area contributed by atoms with E-state index in [4.69, 9.17) is 16.7 Å². The van der Waals surface area contributed by atoms with E-state index >= 15 is 0 Å². The number of halogens is 4. The minimum Gasteiger partial charge on any atom is -0.480 e. The lowest BCUT2D eigenvalue weighted by Gasteiger charge is -2.14. The van der Waals surface area contributed by atoms with Gasteiger partial charge in [0.15, 0.2) is 0 Å². The fourth-order valence-electron chi connectivity index (χ4n) is 1.72. The van der Waals surface area contributed by atoms with E-state index in [0.29, 0.717) is 6.07 Å². The molecule has 1 saturated carbocycles. The van der Waals surface area contributed by atoms with Crippen molar-refractivity contribution >= 4 is 29.3 Å². The summed E-state index contributed by atoms with van der Waals surface area (Å²) in [5, 5.41) is 13.1. The number of carboxylic acid groups (broad SMARTS) is 1. The fourth-order valence-corrected chi connectivity index (χ4v) is 1.96. The Balaban J connectivity index is 2.11. The van der Waals surface area contributed by atoms with Crippen molar-refractivity contribution in [2.24, 2.45) is 0 Å². The zero-order chi connectivity index (χ0) is 15.8. The number of carboxylic acids is 1. The van der Waals surface area contributed by atoms with Crippen LogP contribution in [0.4, 0.5) is 23.7 Å². The summed E-state index contributed by atoms with van der Waals surface area (Å²) in [4.78, 5) is 22.5. The van der Waals surface area contributed by atoms with Gasteiger partial charge in [-0.25, -0.2) is 9.59 Å². The van der Waals surface area contributed by atoms with Crippen molar-refractivity contribution in [1.29, 1.82) is 0 Å². The molecule has 114 valence electrons.